The number of esters is 1. The second-order valence-electron chi connectivity index (χ2n) is 6.55. The number of amides is 1. The van der Waals surface area contributed by atoms with Crippen molar-refractivity contribution in [3.63, 3.8) is 0 Å². The molecule has 0 saturated heterocycles. The lowest BCUT2D eigenvalue weighted by atomic mass is 10.2. The van der Waals surface area contributed by atoms with Gasteiger partial charge >= 0.3 is 5.97 Å². The van der Waals surface area contributed by atoms with Crippen molar-refractivity contribution in [2.75, 3.05) is 6.61 Å². The summed E-state index contributed by atoms with van der Waals surface area (Å²) in [4.78, 5) is 24.5. The summed E-state index contributed by atoms with van der Waals surface area (Å²) in [6, 6.07) is 15.6. The van der Waals surface area contributed by atoms with Crippen molar-refractivity contribution >= 4 is 40.1 Å². The first-order valence-electron chi connectivity index (χ1n) is 9.53. The molecule has 2 aromatic carbocycles. The van der Waals surface area contributed by atoms with Crippen molar-refractivity contribution in [3.8, 4) is 17.2 Å². The van der Waals surface area contributed by atoms with Gasteiger partial charge in [0, 0.05) is 16.1 Å². The van der Waals surface area contributed by atoms with Gasteiger partial charge in [-0.2, -0.15) is 5.10 Å². The number of hydrazone groups is 1. The van der Waals surface area contributed by atoms with Crippen molar-refractivity contribution < 1.29 is 28.2 Å². The van der Waals surface area contributed by atoms with E-state index in [1.54, 1.807) is 48.5 Å². The van der Waals surface area contributed by atoms with Gasteiger partial charge in [0.05, 0.1) is 12.5 Å². The molecule has 1 aliphatic rings. The van der Waals surface area contributed by atoms with Crippen molar-refractivity contribution in [3.05, 3.63) is 82.7 Å². The number of para-hydroxylation sites is 2. The molecule has 0 aliphatic carbocycles. The summed E-state index contributed by atoms with van der Waals surface area (Å²) in [7, 11) is 0. The van der Waals surface area contributed by atoms with Crippen LogP contribution in [0.15, 0.2) is 80.9 Å². The van der Waals surface area contributed by atoms with Crippen LogP contribution in [0.5, 0.6) is 17.2 Å². The van der Waals surface area contributed by atoms with E-state index in [0.29, 0.717) is 22.8 Å². The number of nitrogens with zero attached hydrogens (tertiary/aromatic N) is 1. The van der Waals surface area contributed by atoms with Crippen LogP contribution in [0, 0.1) is 0 Å². The summed E-state index contributed by atoms with van der Waals surface area (Å²) in [5.74, 6) is 0.818. The van der Waals surface area contributed by atoms with Gasteiger partial charge in [0.2, 0.25) is 6.10 Å². The van der Waals surface area contributed by atoms with E-state index in [0.717, 1.165) is 4.47 Å². The molecule has 0 radical (unpaired) electrons. The van der Waals surface area contributed by atoms with Crippen LogP contribution in [0.25, 0.3) is 6.08 Å². The molecule has 9 heteroatoms. The lowest BCUT2D eigenvalue weighted by Gasteiger charge is -2.24. The fraction of sp³-hybridized carbons (Fsp3) is 0.0870. The zero-order chi connectivity index (χ0) is 22.3. The minimum absolute atomic E-state index is 0.0696. The monoisotopic (exact) mass is 496 g/mol. The maximum absolute atomic E-state index is 12.4. The Labute approximate surface area is 191 Å². The van der Waals surface area contributed by atoms with Gasteiger partial charge in [-0.1, -0.05) is 28.1 Å². The second-order valence-corrected chi connectivity index (χ2v) is 7.47. The summed E-state index contributed by atoms with van der Waals surface area (Å²) in [6.07, 6.45) is 4.79. The minimum atomic E-state index is -0.839. The highest BCUT2D eigenvalue weighted by atomic mass is 79.9. The first-order valence-corrected chi connectivity index (χ1v) is 10.3. The minimum Gasteiger partial charge on any atom is -0.485 e. The molecule has 0 spiro atoms. The lowest BCUT2D eigenvalue weighted by Crippen LogP contribution is -2.42. The van der Waals surface area contributed by atoms with Gasteiger partial charge in [0.1, 0.15) is 18.1 Å². The Balaban J connectivity index is 1.38. The standard InChI is InChI=1S/C23H17BrN2O6/c24-16-7-9-18(32-22(27)10-8-17-4-3-11-29-17)15(12-16)13-25-26-23(28)21-14-30-19-5-1-2-6-20(19)31-21/h1-13,21H,14H2,(H,26,28)/b10-8+,25-13-/t21-/m0/s1. The van der Waals surface area contributed by atoms with Crippen LogP contribution >= 0.6 is 15.9 Å². The Bertz CT molecular complexity index is 1170. The largest absolute Gasteiger partial charge is 0.485 e. The number of ether oxygens (including phenoxy) is 3. The molecule has 32 heavy (non-hydrogen) atoms. The first kappa shape index (κ1) is 21.4. The van der Waals surface area contributed by atoms with E-state index in [2.05, 4.69) is 26.5 Å². The number of nitrogens with one attached hydrogen (secondary N) is 1. The molecule has 4 rings (SSSR count). The van der Waals surface area contributed by atoms with Crippen LogP contribution in [-0.4, -0.2) is 30.8 Å². The Hall–Kier alpha value is -3.85. The summed E-state index contributed by atoms with van der Waals surface area (Å²) in [6.45, 7) is 0.0696. The van der Waals surface area contributed by atoms with Crippen LogP contribution in [-0.2, 0) is 9.59 Å². The topological polar surface area (TPSA) is 99.4 Å². The van der Waals surface area contributed by atoms with Crippen molar-refractivity contribution in [2.24, 2.45) is 5.10 Å². The summed E-state index contributed by atoms with van der Waals surface area (Å²) >= 11 is 3.37. The van der Waals surface area contributed by atoms with E-state index in [1.165, 1.54) is 24.6 Å². The zero-order valence-corrected chi connectivity index (χ0v) is 18.2. The molecule has 1 amide bonds. The molecular weight excluding hydrogens is 480 g/mol. The molecular formula is C23H17BrN2O6. The summed E-state index contributed by atoms with van der Waals surface area (Å²) < 4.78 is 22.4. The fourth-order valence-electron chi connectivity index (χ4n) is 2.78. The van der Waals surface area contributed by atoms with Gasteiger partial charge in [-0.3, -0.25) is 4.79 Å². The maximum Gasteiger partial charge on any atom is 0.336 e. The van der Waals surface area contributed by atoms with Gasteiger partial charge in [-0.05, 0) is 48.5 Å². The first-order chi connectivity index (χ1) is 15.6. The van der Waals surface area contributed by atoms with E-state index in [1.807, 2.05) is 6.07 Å². The highest BCUT2D eigenvalue weighted by Gasteiger charge is 2.27. The third-order valence-electron chi connectivity index (χ3n) is 4.29. The Morgan fingerprint density at radius 2 is 1.97 bits per heavy atom. The molecule has 0 saturated carbocycles. The lowest BCUT2D eigenvalue weighted by molar-refractivity contribution is -0.130. The zero-order valence-electron chi connectivity index (χ0n) is 16.6. The van der Waals surface area contributed by atoms with Crippen LogP contribution < -0.4 is 19.6 Å². The van der Waals surface area contributed by atoms with E-state index >= 15 is 0 Å². The number of carbonyl (C=O) groups is 2. The Morgan fingerprint density at radius 3 is 2.78 bits per heavy atom. The second kappa shape index (κ2) is 9.97. The van der Waals surface area contributed by atoms with Gasteiger partial charge in [-0.15, -0.1) is 0 Å². The number of furan rings is 1. The number of fused-ring (bicyclic) bond motifs is 1. The Morgan fingerprint density at radius 1 is 1.12 bits per heavy atom. The maximum atomic E-state index is 12.4. The molecule has 0 bridgehead atoms. The van der Waals surface area contributed by atoms with Gasteiger partial charge in [0.15, 0.2) is 11.5 Å². The van der Waals surface area contributed by atoms with E-state index < -0.39 is 18.0 Å². The highest BCUT2D eigenvalue weighted by Crippen LogP contribution is 2.30. The molecule has 0 fully saturated rings. The summed E-state index contributed by atoms with van der Waals surface area (Å²) in [5, 5.41) is 3.96. The quantitative estimate of drug-likeness (QED) is 0.182. The molecule has 8 nitrogen and oxygen atoms in total. The van der Waals surface area contributed by atoms with Gasteiger partial charge < -0.3 is 18.6 Å². The van der Waals surface area contributed by atoms with Crippen molar-refractivity contribution in [2.45, 2.75) is 6.10 Å². The average Bonchev–Trinajstić information content (AvgIpc) is 3.33. The number of hydrogen-bond donors (Lipinski definition) is 1. The molecule has 2 heterocycles. The van der Waals surface area contributed by atoms with E-state index in [4.69, 9.17) is 18.6 Å². The van der Waals surface area contributed by atoms with Gasteiger partial charge in [0.25, 0.3) is 5.91 Å². The van der Waals surface area contributed by atoms with Crippen molar-refractivity contribution in [1.82, 2.24) is 5.43 Å². The SMILES string of the molecule is O=C(/C=C/c1ccco1)Oc1ccc(Br)cc1/C=N\NC(=O)[C@@H]1COc2ccccc2O1. The third-order valence-corrected chi connectivity index (χ3v) is 4.78. The molecule has 1 aliphatic heterocycles. The predicted molar refractivity (Wildman–Crippen MR) is 120 cm³/mol. The van der Waals surface area contributed by atoms with E-state index in [-0.39, 0.29) is 12.4 Å². The average molecular weight is 497 g/mol. The number of benzene rings is 2. The van der Waals surface area contributed by atoms with E-state index in [9.17, 15) is 9.59 Å². The van der Waals surface area contributed by atoms with Crippen LogP contribution in [0.1, 0.15) is 11.3 Å². The van der Waals surface area contributed by atoms with Crippen LogP contribution in [0.3, 0.4) is 0 Å². The molecule has 0 unspecified atom stereocenters. The summed E-state index contributed by atoms with van der Waals surface area (Å²) in [5.41, 5.74) is 2.90. The molecule has 3 aromatic rings. The smallest absolute Gasteiger partial charge is 0.336 e. The Kier molecular flexibility index (Phi) is 6.66. The van der Waals surface area contributed by atoms with Gasteiger partial charge in [-0.25, -0.2) is 10.2 Å². The van der Waals surface area contributed by atoms with Crippen LogP contribution in [0.2, 0.25) is 0 Å². The number of halogens is 1. The number of carbonyl (C=O) groups excluding carboxylic acids is 2. The number of hydrogen-bond acceptors (Lipinski definition) is 7. The number of rotatable bonds is 6. The van der Waals surface area contributed by atoms with Crippen molar-refractivity contribution in [1.29, 1.82) is 0 Å². The normalized spacial score (nSPS) is 15.1. The van der Waals surface area contributed by atoms with Crippen LogP contribution in [0.4, 0.5) is 0 Å². The molecule has 1 N–H and O–H groups in total. The highest BCUT2D eigenvalue weighted by molar-refractivity contribution is 9.10. The molecule has 1 aromatic heterocycles. The third kappa shape index (κ3) is 5.44. The molecule has 1 atom stereocenters. The predicted octanol–water partition coefficient (Wildman–Crippen LogP) is 3.95. The molecule has 162 valence electrons. The fourth-order valence-corrected chi connectivity index (χ4v) is 3.16.